The molecule has 8 heteroatoms. The van der Waals surface area contributed by atoms with Crippen LogP contribution in [-0.2, 0) is 14.8 Å². The number of rotatable bonds is 4. The number of likely N-dealkylation sites (tertiary alicyclic amines) is 1. The van der Waals surface area contributed by atoms with Gasteiger partial charge in [-0.3, -0.25) is 4.79 Å². The molecule has 0 saturated carbocycles. The first kappa shape index (κ1) is 18.4. The van der Waals surface area contributed by atoms with Crippen molar-refractivity contribution in [3.05, 3.63) is 29.8 Å². The fraction of sp³-hybridized carbons (Fsp3) is 0.579. The minimum atomic E-state index is -3.67. The van der Waals surface area contributed by atoms with Gasteiger partial charge in [-0.2, -0.15) is 8.42 Å². The van der Waals surface area contributed by atoms with Crippen LogP contribution >= 0.6 is 0 Å². The average Bonchev–Trinajstić information content (AvgIpc) is 3.26. The molecule has 2 fully saturated rings. The van der Waals surface area contributed by atoms with Crippen molar-refractivity contribution < 1.29 is 13.2 Å². The molecule has 0 aliphatic carbocycles. The number of amides is 1. The molecule has 1 aromatic rings. The number of fused-ring (bicyclic) bond motifs is 1. The normalized spacial score (nSPS) is 26.5. The van der Waals surface area contributed by atoms with Crippen molar-refractivity contribution in [1.29, 1.82) is 0 Å². The van der Waals surface area contributed by atoms with Gasteiger partial charge in [0, 0.05) is 18.7 Å². The van der Waals surface area contributed by atoms with Crippen LogP contribution in [0.2, 0.25) is 0 Å². The van der Waals surface area contributed by atoms with E-state index in [2.05, 4.69) is 15.0 Å². The van der Waals surface area contributed by atoms with Crippen molar-refractivity contribution in [2.45, 2.75) is 43.0 Å². The van der Waals surface area contributed by atoms with Crippen molar-refractivity contribution in [2.24, 2.45) is 10.3 Å². The minimum Gasteiger partial charge on any atom is -0.354 e. The smallest absolute Gasteiger partial charge is 0.285 e. The molecule has 146 valence electrons. The number of carbonyl (C=O) groups excluding carboxylic acids is 1. The zero-order valence-electron chi connectivity index (χ0n) is 15.4. The molecule has 2 saturated heterocycles. The Morgan fingerprint density at radius 1 is 1.26 bits per heavy atom. The lowest BCUT2D eigenvalue weighted by Crippen LogP contribution is -2.46. The Kier molecular flexibility index (Phi) is 5.19. The molecule has 7 nitrogen and oxygen atoms in total. The van der Waals surface area contributed by atoms with Crippen molar-refractivity contribution >= 4 is 21.8 Å². The molecule has 0 aromatic heterocycles. The van der Waals surface area contributed by atoms with Gasteiger partial charge in [-0.05, 0) is 63.2 Å². The number of nitrogens with zero attached hydrogens (tertiary/aromatic N) is 2. The van der Waals surface area contributed by atoms with Gasteiger partial charge in [-0.1, -0.05) is 12.1 Å². The third kappa shape index (κ3) is 3.73. The number of sulfonamides is 1. The third-order valence-corrected chi connectivity index (χ3v) is 7.02. The zero-order chi connectivity index (χ0) is 18.9. The summed E-state index contributed by atoms with van der Waals surface area (Å²) in [4.78, 5) is 14.8. The third-order valence-electron chi connectivity index (χ3n) is 5.69. The van der Waals surface area contributed by atoms with Crippen molar-refractivity contribution in [2.75, 3.05) is 26.2 Å². The highest BCUT2D eigenvalue weighted by Gasteiger charge is 2.39. The van der Waals surface area contributed by atoms with E-state index in [-0.39, 0.29) is 16.8 Å². The first-order valence-electron chi connectivity index (χ1n) is 9.76. The fourth-order valence-corrected chi connectivity index (χ4v) is 5.49. The van der Waals surface area contributed by atoms with Crippen molar-refractivity contribution in [1.82, 2.24) is 15.5 Å². The number of nitrogens with one attached hydrogen (secondary N) is 2. The van der Waals surface area contributed by atoms with Gasteiger partial charge in [0.05, 0.1) is 0 Å². The van der Waals surface area contributed by atoms with E-state index in [0.29, 0.717) is 30.4 Å². The summed E-state index contributed by atoms with van der Waals surface area (Å²) >= 11 is 0. The molecular formula is C19H26N4O3S. The molecule has 1 amide bonds. The molecule has 2 unspecified atom stereocenters. The second-order valence-corrected chi connectivity index (χ2v) is 9.10. The lowest BCUT2D eigenvalue weighted by molar-refractivity contribution is -0.124. The molecule has 2 N–H and O–H groups in total. The maximum Gasteiger partial charge on any atom is 0.285 e. The van der Waals surface area contributed by atoms with Crippen LogP contribution in [0.5, 0.6) is 0 Å². The van der Waals surface area contributed by atoms with Crippen molar-refractivity contribution in [3.63, 3.8) is 0 Å². The summed E-state index contributed by atoms with van der Waals surface area (Å²) in [6, 6.07) is 6.49. The molecule has 0 spiro atoms. The highest BCUT2D eigenvalue weighted by Crippen LogP contribution is 2.31. The number of hydrogen-bond acceptors (Lipinski definition) is 5. The summed E-state index contributed by atoms with van der Waals surface area (Å²) in [5.74, 6) is 1.01. The van der Waals surface area contributed by atoms with Gasteiger partial charge in [0.25, 0.3) is 10.0 Å². The monoisotopic (exact) mass is 390 g/mol. The van der Waals surface area contributed by atoms with Gasteiger partial charge < -0.3 is 15.5 Å². The molecule has 3 aliphatic heterocycles. The second kappa shape index (κ2) is 7.59. The van der Waals surface area contributed by atoms with Crippen LogP contribution in [0.15, 0.2) is 33.6 Å². The van der Waals surface area contributed by atoms with E-state index in [4.69, 9.17) is 0 Å². The number of hydrogen-bond donors (Lipinski definition) is 2. The van der Waals surface area contributed by atoms with Crippen LogP contribution in [0, 0.1) is 5.92 Å². The molecule has 1 aromatic carbocycles. The van der Waals surface area contributed by atoms with E-state index >= 15 is 0 Å². The molecule has 3 heterocycles. The van der Waals surface area contributed by atoms with Crippen LogP contribution < -0.4 is 10.6 Å². The average molecular weight is 391 g/mol. The predicted molar refractivity (Wildman–Crippen MR) is 103 cm³/mol. The summed E-state index contributed by atoms with van der Waals surface area (Å²) in [6.07, 6.45) is 4.96. The zero-order valence-corrected chi connectivity index (χ0v) is 16.2. The van der Waals surface area contributed by atoms with Crippen LogP contribution in [-0.4, -0.2) is 57.3 Å². The van der Waals surface area contributed by atoms with Gasteiger partial charge in [0.2, 0.25) is 5.91 Å². The van der Waals surface area contributed by atoms with Gasteiger partial charge in [-0.25, -0.2) is 0 Å². The van der Waals surface area contributed by atoms with Gasteiger partial charge in [0.1, 0.15) is 10.9 Å². The Morgan fingerprint density at radius 2 is 2.11 bits per heavy atom. The summed E-state index contributed by atoms with van der Waals surface area (Å²) in [7, 11) is -3.67. The molecule has 3 aliphatic rings. The number of amidine groups is 1. The van der Waals surface area contributed by atoms with E-state index in [1.165, 1.54) is 12.8 Å². The summed E-state index contributed by atoms with van der Waals surface area (Å²) in [6.45, 7) is 3.42. The highest BCUT2D eigenvalue weighted by molar-refractivity contribution is 7.90. The lowest BCUT2D eigenvalue weighted by Gasteiger charge is -2.26. The predicted octanol–water partition coefficient (Wildman–Crippen LogP) is 1.11. The highest BCUT2D eigenvalue weighted by atomic mass is 32.2. The number of benzene rings is 1. The number of carbonyl (C=O) groups is 1. The Morgan fingerprint density at radius 3 is 2.93 bits per heavy atom. The first-order chi connectivity index (χ1) is 13.1. The quantitative estimate of drug-likeness (QED) is 0.804. The van der Waals surface area contributed by atoms with Crippen LogP contribution in [0.25, 0.3) is 0 Å². The molecular weight excluding hydrogens is 364 g/mol. The van der Waals surface area contributed by atoms with Gasteiger partial charge in [0.15, 0.2) is 5.84 Å². The lowest BCUT2D eigenvalue weighted by atomic mass is 9.96. The summed E-state index contributed by atoms with van der Waals surface area (Å²) < 4.78 is 28.6. The Balaban J connectivity index is 1.43. The molecule has 2 atom stereocenters. The molecule has 0 radical (unpaired) electrons. The maximum atomic E-state index is 12.8. The largest absolute Gasteiger partial charge is 0.354 e. The maximum absolute atomic E-state index is 12.8. The van der Waals surface area contributed by atoms with Gasteiger partial charge in [-0.15, -0.1) is 4.40 Å². The Hall–Kier alpha value is -1.93. The van der Waals surface area contributed by atoms with E-state index in [1.54, 1.807) is 24.3 Å². The topological polar surface area (TPSA) is 90.9 Å². The Labute approximate surface area is 160 Å². The second-order valence-electron chi connectivity index (χ2n) is 7.53. The number of piperidine rings is 1. The molecule has 0 bridgehead atoms. The summed E-state index contributed by atoms with van der Waals surface area (Å²) in [5.41, 5.74) is 0.602. The summed E-state index contributed by atoms with van der Waals surface area (Å²) in [5, 5.41) is 6.45. The fourth-order valence-electron chi connectivity index (χ4n) is 4.28. The van der Waals surface area contributed by atoms with Gasteiger partial charge >= 0.3 is 0 Å². The molecule has 4 rings (SSSR count). The standard InChI is InChI=1S/C19H26N4O3S/c24-19(21-11-9-14-5-3-10-20-13-14)16-7-4-12-23(16)18-15-6-1-2-8-17(15)27(25,26)22-18/h1-2,6,8,14,16,20H,3-5,7,9-13H2,(H,21,24). The van der Waals surface area contributed by atoms with E-state index in [0.717, 1.165) is 32.4 Å². The van der Waals surface area contributed by atoms with Crippen LogP contribution in [0.3, 0.4) is 0 Å². The SMILES string of the molecule is O=C(NCCC1CCCNC1)C1CCCN1C1=NS(=O)(=O)c2ccccc21. The minimum absolute atomic E-state index is 0.0271. The van der Waals surface area contributed by atoms with E-state index < -0.39 is 10.0 Å². The first-order valence-corrected chi connectivity index (χ1v) is 11.2. The van der Waals surface area contributed by atoms with Crippen LogP contribution in [0.1, 0.15) is 37.7 Å². The molecule has 27 heavy (non-hydrogen) atoms. The van der Waals surface area contributed by atoms with E-state index in [9.17, 15) is 13.2 Å². The van der Waals surface area contributed by atoms with Crippen LogP contribution in [0.4, 0.5) is 0 Å². The Bertz CT molecular complexity index is 846. The van der Waals surface area contributed by atoms with Crippen molar-refractivity contribution in [3.8, 4) is 0 Å². The van der Waals surface area contributed by atoms with E-state index in [1.807, 2.05) is 4.90 Å².